The molecule has 28 heavy (non-hydrogen) atoms. The second kappa shape index (κ2) is 14.7. The molecule has 8 heteroatoms. The lowest BCUT2D eigenvalue weighted by Gasteiger charge is -2.11. The van der Waals surface area contributed by atoms with Gasteiger partial charge in [0.15, 0.2) is 5.96 Å². The highest BCUT2D eigenvalue weighted by atomic mass is 127. The molecule has 156 valence electrons. The van der Waals surface area contributed by atoms with Crippen molar-refractivity contribution in [3.63, 3.8) is 0 Å². The summed E-state index contributed by atoms with van der Waals surface area (Å²) in [4.78, 5) is 10.6. The molecule has 1 heterocycles. The number of guanidine groups is 1. The van der Waals surface area contributed by atoms with Gasteiger partial charge in [-0.05, 0) is 20.3 Å². The van der Waals surface area contributed by atoms with Crippen molar-refractivity contribution in [1.82, 2.24) is 15.6 Å². The second-order valence-electron chi connectivity index (χ2n) is 5.97. The predicted molar refractivity (Wildman–Crippen MR) is 128 cm³/mol. The van der Waals surface area contributed by atoms with Crippen LogP contribution in [0.1, 0.15) is 23.9 Å². The SMILES string of the molecule is CCNC(=NCc1sc(-c2ccccc2)nc1C)NCCCOCCOC.I. The lowest BCUT2D eigenvalue weighted by atomic mass is 10.2. The highest BCUT2D eigenvalue weighted by Crippen LogP contribution is 2.28. The molecule has 0 aliphatic heterocycles. The van der Waals surface area contributed by atoms with Crippen LogP contribution in [0.15, 0.2) is 35.3 Å². The molecule has 0 aliphatic rings. The molecule has 2 aromatic rings. The first-order chi connectivity index (χ1) is 13.2. The van der Waals surface area contributed by atoms with Gasteiger partial charge in [0.2, 0.25) is 0 Å². The number of aromatic nitrogens is 1. The first-order valence-electron chi connectivity index (χ1n) is 9.35. The van der Waals surface area contributed by atoms with Gasteiger partial charge in [-0.25, -0.2) is 9.98 Å². The van der Waals surface area contributed by atoms with Crippen LogP contribution in [-0.2, 0) is 16.0 Å². The molecule has 1 aromatic heterocycles. The van der Waals surface area contributed by atoms with E-state index in [1.54, 1.807) is 18.4 Å². The van der Waals surface area contributed by atoms with Gasteiger partial charge in [0, 0.05) is 37.2 Å². The van der Waals surface area contributed by atoms with Crippen LogP contribution in [0.25, 0.3) is 10.6 Å². The van der Waals surface area contributed by atoms with Crippen molar-refractivity contribution in [2.75, 3.05) is 40.0 Å². The lowest BCUT2D eigenvalue weighted by Crippen LogP contribution is -2.38. The van der Waals surface area contributed by atoms with Crippen LogP contribution in [0, 0.1) is 6.92 Å². The molecule has 0 amide bonds. The topological polar surface area (TPSA) is 67.8 Å². The Hall–Kier alpha value is -1.23. The van der Waals surface area contributed by atoms with Gasteiger partial charge in [0.1, 0.15) is 5.01 Å². The fraction of sp³-hybridized carbons (Fsp3) is 0.500. The Bertz CT molecular complexity index is 695. The van der Waals surface area contributed by atoms with Crippen LogP contribution < -0.4 is 10.6 Å². The van der Waals surface area contributed by atoms with Crippen LogP contribution in [0.4, 0.5) is 0 Å². The average molecular weight is 518 g/mol. The molecule has 0 saturated heterocycles. The zero-order valence-electron chi connectivity index (χ0n) is 16.9. The Balaban J connectivity index is 0.00000392. The van der Waals surface area contributed by atoms with Crippen molar-refractivity contribution in [2.24, 2.45) is 4.99 Å². The first-order valence-corrected chi connectivity index (χ1v) is 10.2. The van der Waals surface area contributed by atoms with Crippen molar-refractivity contribution < 1.29 is 9.47 Å². The number of aliphatic imine (C=N–C) groups is 1. The summed E-state index contributed by atoms with van der Waals surface area (Å²) in [5.74, 6) is 0.823. The zero-order chi connectivity index (χ0) is 19.3. The molecule has 0 aliphatic carbocycles. The summed E-state index contributed by atoms with van der Waals surface area (Å²) in [6, 6.07) is 10.3. The van der Waals surface area contributed by atoms with Crippen LogP contribution in [-0.4, -0.2) is 51.0 Å². The minimum atomic E-state index is 0. The monoisotopic (exact) mass is 518 g/mol. The predicted octanol–water partition coefficient (Wildman–Crippen LogP) is 3.84. The number of hydrogen-bond donors (Lipinski definition) is 2. The van der Waals surface area contributed by atoms with E-state index in [4.69, 9.17) is 19.5 Å². The lowest BCUT2D eigenvalue weighted by molar-refractivity contribution is 0.0698. The second-order valence-corrected chi connectivity index (χ2v) is 7.06. The van der Waals surface area contributed by atoms with Crippen molar-refractivity contribution in [1.29, 1.82) is 0 Å². The average Bonchev–Trinajstić information content (AvgIpc) is 3.06. The fourth-order valence-corrected chi connectivity index (χ4v) is 3.39. The van der Waals surface area contributed by atoms with E-state index in [9.17, 15) is 0 Å². The largest absolute Gasteiger partial charge is 0.382 e. The van der Waals surface area contributed by atoms with E-state index in [-0.39, 0.29) is 24.0 Å². The first kappa shape index (κ1) is 24.8. The molecule has 2 N–H and O–H groups in total. The summed E-state index contributed by atoms with van der Waals surface area (Å²) in [7, 11) is 1.68. The highest BCUT2D eigenvalue weighted by molar-refractivity contribution is 14.0. The van der Waals surface area contributed by atoms with Gasteiger partial charge in [0.25, 0.3) is 0 Å². The van der Waals surface area contributed by atoms with E-state index in [1.807, 2.05) is 25.1 Å². The molecule has 2 rings (SSSR count). The number of thiazole rings is 1. The van der Waals surface area contributed by atoms with Crippen molar-refractivity contribution in [2.45, 2.75) is 26.8 Å². The van der Waals surface area contributed by atoms with Crippen LogP contribution in [0.5, 0.6) is 0 Å². The van der Waals surface area contributed by atoms with Crippen LogP contribution in [0.3, 0.4) is 0 Å². The third kappa shape index (κ3) is 8.85. The van der Waals surface area contributed by atoms with E-state index < -0.39 is 0 Å². The molecule has 0 unspecified atom stereocenters. The molecule has 0 fully saturated rings. The number of nitrogens with one attached hydrogen (secondary N) is 2. The highest BCUT2D eigenvalue weighted by Gasteiger charge is 2.09. The van der Waals surface area contributed by atoms with Crippen molar-refractivity contribution in [3.05, 3.63) is 40.9 Å². The Kier molecular flexibility index (Phi) is 13.0. The normalized spacial score (nSPS) is 11.2. The third-order valence-electron chi connectivity index (χ3n) is 3.83. The fourth-order valence-electron chi connectivity index (χ4n) is 2.40. The number of methoxy groups -OCH3 is 1. The maximum atomic E-state index is 5.47. The molecule has 0 spiro atoms. The summed E-state index contributed by atoms with van der Waals surface area (Å²) >= 11 is 1.71. The van der Waals surface area contributed by atoms with Crippen LogP contribution in [0.2, 0.25) is 0 Å². The maximum Gasteiger partial charge on any atom is 0.191 e. The zero-order valence-corrected chi connectivity index (χ0v) is 20.0. The summed E-state index contributed by atoms with van der Waals surface area (Å²) in [5, 5.41) is 7.68. The Morgan fingerprint density at radius 2 is 1.93 bits per heavy atom. The molecule has 6 nitrogen and oxygen atoms in total. The van der Waals surface area contributed by atoms with E-state index in [0.29, 0.717) is 26.4 Å². The van der Waals surface area contributed by atoms with Gasteiger partial charge in [-0.3, -0.25) is 0 Å². The molecule has 0 bridgehead atoms. The van der Waals surface area contributed by atoms with Gasteiger partial charge in [-0.1, -0.05) is 30.3 Å². The van der Waals surface area contributed by atoms with Crippen molar-refractivity contribution >= 4 is 41.3 Å². The molecule has 0 atom stereocenters. The number of aryl methyl sites for hydroxylation is 1. The van der Waals surface area contributed by atoms with Gasteiger partial charge in [-0.2, -0.15) is 0 Å². The van der Waals surface area contributed by atoms with Gasteiger partial charge >= 0.3 is 0 Å². The molecule has 1 aromatic carbocycles. The summed E-state index contributed by atoms with van der Waals surface area (Å²) < 4.78 is 10.4. The summed E-state index contributed by atoms with van der Waals surface area (Å²) in [6.07, 6.45) is 0.922. The quantitative estimate of drug-likeness (QED) is 0.205. The number of benzene rings is 1. The Morgan fingerprint density at radius 1 is 1.14 bits per heavy atom. The van der Waals surface area contributed by atoms with E-state index in [0.717, 1.165) is 41.7 Å². The van der Waals surface area contributed by atoms with E-state index in [2.05, 4.69) is 29.7 Å². The van der Waals surface area contributed by atoms with Crippen LogP contribution >= 0.6 is 35.3 Å². The van der Waals surface area contributed by atoms with Gasteiger partial charge in [0.05, 0.1) is 25.5 Å². The standard InChI is InChI=1S/C20H30N4O2S.HI/c1-4-21-20(22-11-8-12-26-14-13-25-3)23-15-18-16(2)24-19(27-18)17-9-6-5-7-10-17;/h5-7,9-10H,4,8,11-15H2,1-3H3,(H2,21,22,23);1H. The minimum absolute atomic E-state index is 0. The molecular formula is C20H31IN4O2S. The third-order valence-corrected chi connectivity index (χ3v) is 5.02. The Morgan fingerprint density at radius 3 is 2.64 bits per heavy atom. The van der Waals surface area contributed by atoms with Crippen molar-refractivity contribution in [3.8, 4) is 10.6 Å². The molecule has 0 saturated carbocycles. The smallest absolute Gasteiger partial charge is 0.191 e. The Labute approximate surface area is 189 Å². The number of ether oxygens (including phenoxy) is 2. The van der Waals surface area contributed by atoms with Gasteiger partial charge in [-0.15, -0.1) is 35.3 Å². The molecular weight excluding hydrogens is 487 g/mol. The minimum Gasteiger partial charge on any atom is -0.382 e. The van der Waals surface area contributed by atoms with Gasteiger partial charge < -0.3 is 20.1 Å². The number of halogens is 1. The van der Waals surface area contributed by atoms with E-state index in [1.165, 1.54) is 4.88 Å². The van der Waals surface area contributed by atoms with E-state index >= 15 is 0 Å². The number of hydrogen-bond acceptors (Lipinski definition) is 5. The maximum absolute atomic E-state index is 5.47. The molecule has 0 radical (unpaired) electrons. The summed E-state index contributed by atoms with van der Waals surface area (Å²) in [6.45, 7) is 8.36. The number of rotatable bonds is 11. The number of nitrogens with zero attached hydrogens (tertiary/aromatic N) is 2. The summed E-state index contributed by atoms with van der Waals surface area (Å²) in [5.41, 5.74) is 2.20.